The predicted molar refractivity (Wildman–Crippen MR) is 84.5 cm³/mol. The number of epoxide rings is 1. The fraction of sp³-hybridized carbons (Fsp3) is 0.778. The molecule has 1 heterocycles. The molecule has 1 aliphatic heterocycles. The van der Waals surface area contributed by atoms with E-state index in [2.05, 4.69) is 19.6 Å². The second-order valence-corrected chi connectivity index (χ2v) is 5.72. The molecule has 0 N–H and O–H groups in total. The van der Waals surface area contributed by atoms with Gasteiger partial charge in [-0.3, -0.25) is 0 Å². The van der Waals surface area contributed by atoms with Gasteiger partial charge in [-0.25, -0.2) is 0 Å². The monoisotopic (exact) mass is 264 g/mol. The Labute approximate surface area is 120 Å². The van der Waals surface area contributed by atoms with Gasteiger partial charge in [0.25, 0.3) is 0 Å². The molecule has 0 aromatic carbocycles. The van der Waals surface area contributed by atoms with Gasteiger partial charge in [-0.2, -0.15) is 0 Å². The molecule has 0 aromatic heterocycles. The molecule has 110 valence electrons. The first-order valence-electron chi connectivity index (χ1n) is 8.31. The van der Waals surface area contributed by atoms with Crippen molar-refractivity contribution in [3.8, 4) is 0 Å². The summed E-state index contributed by atoms with van der Waals surface area (Å²) in [5.41, 5.74) is 0. The lowest BCUT2D eigenvalue weighted by Crippen LogP contribution is -1.94. The van der Waals surface area contributed by atoms with Crippen molar-refractivity contribution in [1.29, 1.82) is 0 Å². The molecule has 0 amide bonds. The molecule has 19 heavy (non-hydrogen) atoms. The molecular weight excluding hydrogens is 232 g/mol. The summed E-state index contributed by atoms with van der Waals surface area (Å²) in [5, 5.41) is 0. The molecule has 1 saturated heterocycles. The maximum Gasteiger partial charge on any atom is 0.0841 e. The fourth-order valence-electron chi connectivity index (χ4n) is 2.61. The summed E-state index contributed by atoms with van der Waals surface area (Å²) in [5.74, 6) is 0. The molecule has 0 radical (unpaired) electrons. The lowest BCUT2D eigenvalue weighted by atomic mass is 10.0. The van der Waals surface area contributed by atoms with Gasteiger partial charge in [-0.15, -0.1) is 0 Å². The Kier molecular flexibility index (Phi) is 9.79. The van der Waals surface area contributed by atoms with E-state index in [1.807, 2.05) is 12.2 Å². The first kappa shape index (κ1) is 16.5. The summed E-state index contributed by atoms with van der Waals surface area (Å²) in [6.07, 6.45) is 22.0. The van der Waals surface area contributed by atoms with Gasteiger partial charge in [0, 0.05) is 0 Å². The standard InChI is InChI=1S/C18H32O/c1-3-5-7-9-11-13-15-17-18(19-17)16-14-12-10-8-6-4-2/h3,5,7,17-18H,1,4,6,8-16H2,2H3. The van der Waals surface area contributed by atoms with Crippen molar-refractivity contribution in [1.82, 2.24) is 0 Å². The summed E-state index contributed by atoms with van der Waals surface area (Å²) in [4.78, 5) is 0. The molecule has 2 unspecified atom stereocenters. The molecule has 0 spiro atoms. The van der Waals surface area contributed by atoms with E-state index < -0.39 is 0 Å². The molecule has 0 aromatic rings. The van der Waals surface area contributed by atoms with Crippen LogP contribution in [0.2, 0.25) is 0 Å². The minimum absolute atomic E-state index is 0.596. The minimum atomic E-state index is 0.596. The first-order chi connectivity index (χ1) is 9.38. The summed E-state index contributed by atoms with van der Waals surface area (Å²) in [6.45, 7) is 5.95. The third kappa shape index (κ3) is 9.04. The zero-order valence-corrected chi connectivity index (χ0v) is 12.8. The molecular formula is C18H32O. The second kappa shape index (κ2) is 11.3. The van der Waals surface area contributed by atoms with Gasteiger partial charge < -0.3 is 4.74 Å². The summed E-state index contributed by atoms with van der Waals surface area (Å²) in [6, 6.07) is 0. The highest BCUT2D eigenvalue weighted by atomic mass is 16.6. The minimum Gasteiger partial charge on any atom is -0.370 e. The van der Waals surface area contributed by atoms with Crippen molar-refractivity contribution in [2.45, 2.75) is 89.8 Å². The van der Waals surface area contributed by atoms with Gasteiger partial charge in [0.1, 0.15) is 0 Å². The van der Waals surface area contributed by atoms with Crippen LogP contribution in [0.25, 0.3) is 0 Å². The Morgan fingerprint density at radius 1 is 0.895 bits per heavy atom. The largest absolute Gasteiger partial charge is 0.370 e. The SMILES string of the molecule is C=CC=CCCCCC1OC1CCCCCCCC. The van der Waals surface area contributed by atoms with E-state index in [0.717, 1.165) is 0 Å². The number of allylic oxidation sites excluding steroid dienone is 3. The number of unbranched alkanes of at least 4 members (excludes halogenated alkanes) is 7. The summed E-state index contributed by atoms with van der Waals surface area (Å²) in [7, 11) is 0. The highest BCUT2D eigenvalue weighted by Crippen LogP contribution is 2.31. The third-order valence-electron chi connectivity index (χ3n) is 3.91. The predicted octanol–water partition coefficient (Wildman–Crippen LogP) is 5.81. The topological polar surface area (TPSA) is 12.5 Å². The van der Waals surface area contributed by atoms with Crippen LogP contribution >= 0.6 is 0 Å². The Bertz CT molecular complexity index is 244. The van der Waals surface area contributed by atoms with Gasteiger partial charge in [0.2, 0.25) is 0 Å². The highest BCUT2D eigenvalue weighted by molar-refractivity contribution is 4.96. The van der Waals surface area contributed by atoms with Crippen molar-refractivity contribution >= 4 is 0 Å². The molecule has 1 nitrogen and oxygen atoms in total. The Morgan fingerprint density at radius 2 is 1.53 bits per heavy atom. The van der Waals surface area contributed by atoms with E-state index in [-0.39, 0.29) is 0 Å². The van der Waals surface area contributed by atoms with Crippen LogP contribution in [-0.4, -0.2) is 12.2 Å². The third-order valence-corrected chi connectivity index (χ3v) is 3.91. The van der Waals surface area contributed by atoms with Crippen LogP contribution in [0, 0.1) is 0 Å². The fourth-order valence-corrected chi connectivity index (χ4v) is 2.61. The maximum atomic E-state index is 5.74. The molecule has 1 fully saturated rings. The smallest absolute Gasteiger partial charge is 0.0841 e. The lowest BCUT2D eigenvalue weighted by Gasteiger charge is -1.99. The summed E-state index contributed by atoms with van der Waals surface area (Å²) < 4.78 is 5.74. The van der Waals surface area contributed by atoms with E-state index >= 15 is 0 Å². The van der Waals surface area contributed by atoms with E-state index in [0.29, 0.717) is 12.2 Å². The van der Waals surface area contributed by atoms with Gasteiger partial charge in [-0.05, 0) is 25.7 Å². The normalized spacial score (nSPS) is 21.9. The lowest BCUT2D eigenvalue weighted by molar-refractivity contribution is 0.348. The summed E-state index contributed by atoms with van der Waals surface area (Å²) >= 11 is 0. The second-order valence-electron chi connectivity index (χ2n) is 5.72. The first-order valence-corrected chi connectivity index (χ1v) is 8.31. The number of hydrogen-bond donors (Lipinski definition) is 0. The van der Waals surface area contributed by atoms with Crippen molar-refractivity contribution in [2.75, 3.05) is 0 Å². The van der Waals surface area contributed by atoms with Crippen LogP contribution in [0.5, 0.6) is 0 Å². The van der Waals surface area contributed by atoms with Gasteiger partial charge in [0.05, 0.1) is 12.2 Å². The van der Waals surface area contributed by atoms with Crippen LogP contribution < -0.4 is 0 Å². The molecule has 0 bridgehead atoms. The van der Waals surface area contributed by atoms with Gasteiger partial charge in [-0.1, -0.05) is 76.7 Å². The zero-order chi connectivity index (χ0) is 13.8. The Morgan fingerprint density at radius 3 is 2.21 bits per heavy atom. The van der Waals surface area contributed by atoms with Crippen molar-refractivity contribution in [2.24, 2.45) is 0 Å². The van der Waals surface area contributed by atoms with Crippen LogP contribution in [0.3, 0.4) is 0 Å². The molecule has 1 heteroatoms. The van der Waals surface area contributed by atoms with Gasteiger partial charge in [0.15, 0.2) is 0 Å². The quantitative estimate of drug-likeness (QED) is 0.232. The zero-order valence-electron chi connectivity index (χ0n) is 12.8. The molecule has 0 saturated carbocycles. The Balaban J connectivity index is 1.81. The van der Waals surface area contributed by atoms with E-state index in [1.54, 1.807) is 0 Å². The number of ether oxygens (including phenoxy) is 1. The number of rotatable bonds is 13. The molecule has 1 aliphatic rings. The molecule has 0 aliphatic carbocycles. The van der Waals surface area contributed by atoms with E-state index in [1.165, 1.54) is 70.6 Å². The highest BCUT2D eigenvalue weighted by Gasteiger charge is 2.36. The van der Waals surface area contributed by atoms with E-state index in [4.69, 9.17) is 4.74 Å². The van der Waals surface area contributed by atoms with Crippen LogP contribution in [0.15, 0.2) is 24.8 Å². The van der Waals surface area contributed by atoms with Crippen molar-refractivity contribution in [3.63, 3.8) is 0 Å². The molecule has 2 atom stereocenters. The van der Waals surface area contributed by atoms with Crippen molar-refractivity contribution < 1.29 is 4.74 Å². The maximum absolute atomic E-state index is 5.74. The average molecular weight is 264 g/mol. The van der Waals surface area contributed by atoms with Gasteiger partial charge >= 0.3 is 0 Å². The average Bonchev–Trinajstić information content (AvgIpc) is 3.16. The van der Waals surface area contributed by atoms with Crippen LogP contribution in [0.4, 0.5) is 0 Å². The van der Waals surface area contributed by atoms with E-state index in [9.17, 15) is 0 Å². The van der Waals surface area contributed by atoms with Crippen LogP contribution in [-0.2, 0) is 4.74 Å². The van der Waals surface area contributed by atoms with Crippen LogP contribution in [0.1, 0.15) is 77.6 Å². The Hall–Kier alpha value is -0.560. The molecule has 1 rings (SSSR count). The number of hydrogen-bond acceptors (Lipinski definition) is 1. The van der Waals surface area contributed by atoms with Crippen molar-refractivity contribution in [3.05, 3.63) is 24.8 Å².